The lowest BCUT2D eigenvalue weighted by Gasteiger charge is -2.21. The van der Waals surface area contributed by atoms with Crippen molar-refractivity contribution in [1.82, 2.24) is 4.98 Å². The lowest BCUT2D eigenvalue weighted by atomic mass is 10.2. The summed E-state index contributed by atoms with van der Waals surface area (Å²) in [7, 11) is 0. The van der Waals surface area contributed by atoms with Crippen LogP contribution in [0.4, 0.5) is 18.9 Å². The molecule has 0 amide bonds. The van der Waals surface area contributed by atoms with Gasteiger partial charge in [-0.15, -0.1) is 0 Å². The van der Waals surface area contributed by atoms with Gasteiger partial charge in [-0.1, -0.05) is 12.2 Å². The zero-order valence-electron chi connectivity index (χ0n) is 9.50. The maximum Gasteiger partial charge on any atom is 0.417 e. The van der Waals surface area contributed by atoms with Crippen molar-refractivity contribution in [3.8, 4) is 0 Å². The Bertz CT molecular complexity index is 467. The molecule has 0 spiro atoms. The van der Waals surface area contributed by atoms with Crippen molar-refractivity contribution in [1.29, 1.82) is 0 Å². The fraction of sp³-hybridized carbons (Fsp3) is 0.455. The van der Waals surface area contributed by atoms with E-state index in [2.05, 4.69) is 4.98 Å². The summed E-state index contributed by atoms with van der Waals surface area (Å²) in [6.45, 7) is 1.41. The van der Waals surface area contributed by atoms with Gasteiger partial charge in [-0.25, -0.2) is 0 Å². The van der Waals surface area contributed by atoms with Gasteiger partial charge in [0.25, 0.3) is 0 Å². The Balaban J connectivity index is 2.47. The smallest absolute Gasteiger partial charge is 0.388 e. The molecule has 2 rings (SSSR count). The fourth-order valence-electron chi connectivity index (χ4n) is 2.00. The Labute approximate surface area is 108 Å². The first-order valence-corrected chi connectivity index (χ1v) is 5.92. The molecule has 0 radical (unpaired) electrons. The second kappa shape index (κ2) is 4.72. The van der Waals surface area contributed by atoms with Crippen LogP contribution in [0.15, 0.2) is 12.3 Å². The predicted molar refractivity (Wildman–Crippen MR) is 66.6 cm³/mol. The van der Waals surface area contributed by atoms with Crippen molar-refractivity contribution in [2.24, 2.45) is 5.73 Å². The van der Waals surface area contributed by atoms with E-state index in [4.69, 9.17) is 18.0 Å². The van der Waals surface area contributed by atoms with Crippen molar-refractivity contribution < 1.29 is 13.2 Å². The number of halogens is 3. The number of thiocarbonyl (C=S) groups is 1. The maximum atomic E-state index is 12.7. The lowest BCUT2D eigenvalue weighted by molar-refractivity contribution is -0.137. The Hall–Kier alpha value is -1.37. The molecule has 0 aromatic carbocycles. The second-order valence-corrected chi connectivity index (χ2v) is 4.59. The molecular weight excluding hydrogens is 263 g/mol. The first-order chi connectivity index (χ1) is 8.39. The first-order valence-electron chi connectivity index (χ1n) is 5.51. The maximum absolute atomic E-state index is 12.7. The van der Waals surface area contributed by atoms with E-state index in [-0.39, 0.29) is 10.7 Å². The van der Waals surface area contributed by atoms with Crippen LogP contribution in [-0.2, 0) is 6.18 Å². The van der Waals surface area contributed by atoms with Gasteiger partial charge in [0.05, 0.1) is 11.3 Å². The number of anilines is 1. The molecule has 1 aromatic rings. The van der Waals surface area contributed by atoms with E-state index in [1.807, 2.05) is 4.90 Å². The van der Waals surface area contributed by atoms with Crippen LogP contribution in [0.25, 0.3) is 0 Å². The Morgan fingerprint density at radius 1 is 1.33 bits per heavy atom. The molecule has 1 fully saturated rings. The lowest BCUT2D eigenvalue weighted by Crippen LogP contribution is -2.24. The average Bonchev–Trinajstić information content (AvgIpc) is 2.80. The van der Waals surface area contributed by atoms with E-state index < -0.39 is 11.7 Å². The summed E-state index contributed by atoms with van der Waals surface area (Å²) in [5.41, 5.74) is 5.38. The Morgan fingerprint density at radius 3 is 2.44 bits per heavy atom. The number of nitrogens with zero attached hydrogens (tertiary/aromatic N) is 2. The van der Waals surface area contributed by atoms with Gasteiger partial charge in [0, 0.05) is 19.3 Å². The normalized spacial score (nSPS) is 16.1. The first kappa shape index (κ1) is 13.1. The van der Waals surface area contributed by atoms with Crippen molar-refractivity contribution in [2.45, 2.75) is 19.0 Å². The van der Waals surface area contributed by atoms with E-state index in [9.17, 15) is 13.2 Å². The molecule has 0 aliphatic carbocycles. The van der Waals surface area contributed by atoms with Crippen LogP contribution in [0, 0.1) is 0 Å². The van der Waals surface area contributed by atoms with Crippen LogP contribution in [0.5, 0.6) is 0 Å². The van der Waals surface area contributed by atoms with Gasteiger partial charge in [-0.05, 0) is 18.9 Å². The highest BCUT2D eigenvalue weighted by atomic mass is 32.1. The number of aromatic nitrogens is 1. The van der Waals surface area contributed by atoms with E-state index in [1.165, 1.54) is 0 Å². The molecule has 0 unspecified atom stereocenters. The van der Waals surface area contributed by atoms with Crippen molar-refractivity contribution in [3.05, 3.63) is 23.5 Å². The molecule has 0 bridgehead atoms. The summed E-state index contributed by atoms with van der Waals surface area (Å²) in [5.74, 6) is 0. The summed E-state index contributed by atoms with van der Waals surface area (Å²) in [6.07, 6.45) is -1.73. The number of pyridine rings is 1. The molecule has 1 aliphatic heterocycles. The molecule has 1 aromatic heterocycles. The largest absolute Gasteiger partial charge is 0.417 e. The van der Waals surface area contributed by atoms with E-state index in [1.54, 1.807) is 0 Å². The van der Waals surface area contributed by atoms with Gasteiger partial charge in [0.2, 0.25) is 0 Å². The van der Waals surface area contributed by atoms with Crippen molar-refractivity contribution in [3.63, 3.8) is 0 Å². The summed E-state index contributed by atoms with van der Waals surface area (Å²) < 4.78 is 38.0. The van der Waals surface area contributed by atoms with Crippen LogP contribution < -0.4 is 10.6 Å². The summed E-state index contributed by atoms with van der Waals surface area (Å²) in [4.78, 5) is 5.62. The number of hydrogen-bond acceptors (Lipinski definition) is 3. The van der Waals surface area contributed by atoms with Crippen LogP contribution in [0.2, 0.25) is 0 Å². The highest BCUT2D eigenvalue weighted by Gasteiger charge is 2.32. The topological polar surface area (TPSA) is 42.1 Å². The molecule has 7 heteroatoms. The highest BCUT2D eigenvalue weighted by Crippen LogP contribution is 2.33. The third-order valence-electron chi connectivity index (χ3n) is 2.88. The van der Waals surface area contributed by atoms with E-state index in [0.29, 0.717) is 18.8 Å². The van der Waals surface area contributed by atoms with Gasteiger partial charge in [0.15, 0.2) is 0 Å². The van der Waals surface area contributed by atoms with Gasteiger partial charge >= 0.3 is 6.18 Å². The molecule has 2 heterocycles. The monoisotopic (exact) mass is 275 g/mol. The summed E-state index contributed by atoms with van der Waals surface area (Å²) >= 11 is 4.83. The van der Waals surface area contributed by atoms with Crippen LogP contribution in [-0.4, -0.2) is 23.1 Å². The third-order valence-corrected chi connectivity index (χ3v) is 3.07. The molecule has 0 saturated carbocycles. The second-order valence-electron chi connectivity index (χ2n) is 4.15. The van der Waals surface area contributed by atoms with Crippen LogP contribution >= 0.6 is 12.2 Å². The molecule has 3 nitrogen and oxygen atoms in total. The SMILES string of the molecule is NC(=S)c1ncc(C(F)(F)F)cc1N1CCCC1. The number of hydrogen-bond donors (Lipinski definition) is 1. The molecule has 0 atom stereocenters. The number of rotatable bonds is 2. The standard InChI is InChI=1S/C11H12F3N3S/c12-11(13,14)7-5-8(17-3-1-2-4-17)9(10(15)18)16-6-7/h5-6H,1-4H2,(H2,15,18). The minimum Gasteiger partial charge on any atom is -0.388 e. The zero-order valence-corrected chi connectivity index (χ0v) is 10.3. The molecule has 1 aliphatic rings. The van der Waals surface area contributed by atoms with Crippen LogP contribution in [0.3, 0.4) is 0 Å². The fourth-order valence-corrected chi connectivity index (χ4v) is 2.15. The molecule has 98 valence electrons. The predicted octanol–water partition coefficient (Wildman–Crippen LogP) is 2.33. The zero-order chi connectivity index (χ0) is 13.3. The summed E-state index contributed by atoms with van der Waals surface area (Å²) in [5, 5.41) is 0. The van der Waals surface area contributed by atoms with E-state index >= 15 is 0 Å². The number of alkyl halides is 3. The Morgan fingerprint density at radius 2 is 1.94 bits per heavy atom. The molecule has 18 heavy (non-hydrogen) atoms. The van der Waals surface area contributed by atoms with Gasteiger partial charge in [-0.3, -0.25) is 4.98 Å². The quantitative estimate of drug-likeness (QED) is 0.841. The highest BCUT2D eigenvalue weighted by molar-refractivity contribution is 7.80. The van der Waals surface area contributed by atoms with Crippen LogP contribution in [0.1, 0.15) is 24.1 Å². The minimum absolute atomic E-state index is 0.0191. The minimum atomic E-state index is -4.41. The van der Waals surface area contributed by atoms with Gasteiger partial charge in [-0.2, -0.15) is 13.2 Å². The van der Waals surface area contributed by atoms with Crippen molar-refractivity contribution in [2.75, 3.05) is 18.0 Å². The Kier molecular flexibility index (Phi) is 3.43. The van der Waals surface area contributed by atoms with E-state index in [0.717, 1.165) is 25.1 Å². The van der Waals surface area contributed by atoms with Crippen molar-refractivity contribution >= 4 is 22.9 Å². The summed E-state index contributed by atoms with van der Waals surface area (Å²) in [6, 6.07) is 1.08. The van der Waals surface area contributed by atoms with Gasteiger partial charge in [0.1, 0.15) is 10.7 Å². The molecule has 2 N–H and O–H groups in total. The third kappa shape index (κ3) is 2.55. The number of nitrogens with two attached hydrogens (primary N) is 1. The molecular formula is C11H12F3N3S. The van der Waals surface area contributed by atoms with Gasteiger partial charge < -0.3 is 10.6 Å². The average molecular weight is 275 g/mol. The molecule has 1 saturated heterocycles.